The predicted molar refractivity (Wildman–Crippen MR) is 117 cm³/mol. The molecule has 0 aromatic carbocycles. The number of rotatable bonds is 5. The van der Waals surface area contributed by atoms with E-state index < -0.39 is 5.97 Å². The molecule has 4 aliphatic carbocycles. The van der Waals surface area contributed by atoms with Crippen LogP contribution < -0.4 is 0 Å². The second-order valence-electron chi connectivity index (χ2n) is 11.8. The summed E-state index contributed by atoms with van der Waals surface area (Å²) < 4.78 is 5.61. The first-order valence-electron chi connectivity index (χ1n) is 12.5. The van der Waals surface area contributed by atoms with Crippen LogP contribution in [0.3, 0.4) is 0 Å². The van der Waals surface area contributed by atoms with E-state index in [0.29, 0.717) is 35.0 Å². The topological polar surface area (TPSA) is 63.6 Å². The highest BCUT2D eigenvalue weighted by molar-refractivity contribution is 5.66. The number of carbonyl (C=O) groups excluding carboxylic acids is 1. The van der Waals surface area contributed by atoms with Gasteiger partial charge in [-0.25, -0.2) is 0 Å². The summed E-state index contributed by atoms with van der Waals surface area (Å²) >= 11 is 0. The van der Waals surface area contributed by atoms with Gasteiger partial charge in [0.2, 0.25) is 0 Å². The van der Waals surface area contributed by atoms with Gasteiger partial charge in [-0.05, 0) is 111 Å². The van der Waals surface area contributed by atoms with Crippen LogP contribution in [-0.4, -0.2) is 23.1 Å². The van der Waals surface area contributed by atoms with Crippen LogP contribution >= 0.6 is 0 Å². The zero-order chi connectivity index (χ0) is 21.7. The lowest BCUT2D eigenvalue weighted by Crippen LogP contribution is -2.54. The van der Waals surface area contributed by atoms with Crippen molar-refractivity contribution in [2.45, 2.75) is 104 Å². The van der Waals surface area contributed by atoms with Crippen molar-refractivity contribution in [2.24, 2.45) is 46.3 Å². The van der Waals surface area contributed by atoms with Gasteiger partial charge in [-0.1, -0.05) is 20.8 Å². The molecule has 0 radical (unpaired) electrons. The molecule has 4 fully saturated rings. The lowest BCUT2D eigenvalue weighted by molar-refractivity contribution is -0.160. The normalized spacial score (nSPS) is 46.3. The fourth-order valence-electron chi connectivity index (χ4n) is 9.09. The first-order chi connectivity index (χ1) is 14.1. The molecule has 0 bridgehead atoms. The number of carboxylic acid groups (broad SMARTS) is 1. The SMILES string of the molecule is CC(=O)O[C@@H]1CC[C@@]2(C)[C@H](CC[C@H]3[C@@H]2CC[C@]2(C)[C@@H]([C@H](C)CCC(=O)O)CC[C@@H]32)C1. The van der Waals surface area contributed by atoms with Gasteiger partial charge < -0.3 is 9.84 Å². The van der Waals surface area contributed by atoms with Gasteiger partial charge in [0.05, 0.1) is 0 Å². The van der Waals surface area contributed by atoms with Gasteiger partial charge in [-0.15, -0.1) is 0 Å². The minimum atomic E-state index is -0.652. The third-order valence-electron chi connectivity index (χ3n) is 10.5. The van der Waals surface area contributed by atoms with Crippen LogP contribution in [-0.2, 0) is 14.3 Å². The van der Waals surface area contributed by atoms with E-state index in [2.05, 4.69) is 20.8 Å². The lowest BCUT2D eigenvalue weighted by atomic mass is 9.44. The third kappa shape index (κ3) is 3.71. The molecule has 0 spiro atoms. The molecule has 0 aliphatic heterocycles. The van der Waals surface area contributed by atoms with E-state index in [1.807, 2.05) is 0 Å². The van der Waals surface area contributed by atoms with Crippen molar-refractivity contribution in [3.63, 3.8) is 0 Å². The molecule has 0 unspecified atom stereocenters. The summed E-state index contributed by atoms with van der Waals surface area (Å²) in [5.41, 5.74) is 0.811. The maximum absolute atomic E-state index is 11.5. The van der Waals surface area contributed by atoms with Crippen molar-refractivity contribution in [1.29, 1.82) is 0 Å². The highest BCUT2D eigenvalue weighted by atomic mass is 16.5. The number of esters is 1. The van der Waals surface area contributed by atoms with Crippen molar-refractivity contribution in [3.05, 3.63) is 0 Å². The number of aliphatic carboxylic acids is 1. The summed E-state index contributed by atoms with van der Waals surface area (Å²) in [6.45, 7) is 8.96. The molecular weight excluding hydrogens is 376 g/mol. The van der Waals surface area contributed by atoms with Gasteiger partial charge in [0.25, 0.3) is 0 Å². The Hall–Kier alpha value is -1.06. The van der Waals surface area contributed by atoms with Gasteiger partial charge in [0.15, 0.2) is 0 Å². The monoisotopic (exact) mass is 418 g/mol. The highest BCUT2D eigenvalue weighted by Gasteiger charge is 2.60. The summed E-state index contributed by atoms with van der Waals surface area (Å²) in [7, 11) is 0. The standard InChI is InChI=1S/C26H42O4/c1-16(5-10-24(28)29)21-8-9-22-20-7-6-18-15-19(30-17(2)27)11-13-25(18,3)23(20)12-14-26(21,22)4/h16,18-23H,5-15H2,1-4H3,(H,28,29)/t16-,18-,19-,20-,21-,22+,23+,25+,26-/m1/s1. The molecular formula is C26H42O4. The predicted octanol–water partition coefficient (Wildman–Crippen LogP) is 6.08. The molecule has 4 rings (SSSR count). The van der Waals surface area contributed by atoms with Crippen LogP contribution in [0.25, 0.3) is 0 Å². The number of carboxylic acids is 1. The Morgan fingerprint density at radius 3 is 2.40 bits per heavy atom. The number of hydrogen-bond acceptors (Lipinski definition) is 3. The second kappa shape index (κ2) is 8.13. The van der Waals surface area contributed by atoms with Crippen molar-refractivity contribution < 1.29 is 19.4 Å². The molecule has 9 atom stereocenters. The summed E-state index contributed by atoms with van der Waals surface area (Å²) in [6.07, 6.45) is 12.5. The average molecular weight is 419 g/mol. The molecule has 4 saturated carbocycles. The summed E-state index contributed by atoms with van der Waals surface area (Å²) in [5.74, 6) is 3.60. The van der Waals surface area contributed by atoms with E-state index in [1.165, 1.54) is 44.9 Å². The Balaban J connectivity index is 1.47. The molecule has 0 aromatic rings. The smallest absolute Gasteiger partial charge is 0.303 e. The van der Waals surface area contributed by atoms with Crippen LogP contribution in [0.5, 0.6) is 0 Å². The van der Waals surface area contributed by atoms with Crippen LogP contribution in [0, 0.1) is 46.3 Å². The number of carbonyl (C=O) groups is 2. The van der Waals surface area contributed by atoms with Crippen LogP contribution in [0.15, 0.2) is 0 Å². The summed E-state index contributed by atoms with van der Waals surface area (Å²) in [6, 6.07) is 0. The van der Waals surface area contributed by atoms with Gasteiger partial charge >= 0.3 is 11.9 Å². The van der Waals surface area contributed by atoms with Crippen molar-refractivity contribution in [2.75, 3.05) is 0 Å². The Bertz CT molecular complexity index is 674. The fourth-order valence-corrected chi connectivity index (χ4v) is 9.09. The Kier molecular flexibility index (Phi) is 6.00. The molecule has 30 heavy (non-hydrogen) atoms. The first-order valence-corrected chi connectivity index (χ1v) is 12.5. The van der Waals surface area contributed by atoms with Crippen LogP contribution in [0.1, 0.15) is 98.3 Å². The Labute approximate surface area is 182 Å². The first kappa shape index (κ1) is 22.1. The zero-order valence-electron chi connectivity index (χ0n) is 19.5. The highest BCUT2D eigenvalue weighted by Crippen LogP contribution is 2.68. The van der Waals surface area contributed by atoms with Gasteiger partial charge in [-0.2, -0.15) is 0 Å². The van der Waals surface area contributed by atoms with Crippen LogP contribution in [0.2, 0.25) is 0 Å². The molecule has 1 N–H and O–H groups in total. The van der Waals surface area contributed by atoms with E-state index >= 15 is 0 Å². The average Bonchev–Trinajstić information content (AvgIpc) is 3.03. The van der Waals surface area contributed by atoms with Gasteiger partial charge in [0, 0.05) is 13.3 Å². The van der Waals surface area contributed by atoms with E-state index in [4.69, 9.17) is 9.84 Å². The maximum Gasteiger partial charge on any atom is 0.303 e. The maximum atomic E-state index is 11.5. The van der Waals surface area contributed by atoms with E-state index in [-0.39, 0.29) is 12.1 Å². The molecule has 170 valence electrons. The zero-order valence-corrected chi connectivity index (χ0v) is 19.5. The fraction of sp³-hybridized carbons (Fsp3) is 0.923. The molecule has 0 aromatic heterocycles. The Morgan fingerprint density at radius 2 is 1.70 bits per heavy atom. The van der Waals surface area contributed by atoms with Crippen molar-refractivity contribution in [3.8, 4) is 0 Å². The van der Waals surface area contributed by atoms with E-state index in [1.54, 1.807) is 6.92 Å². The minimum Gasteiger partial charge on any atom is -0.481 e. The Morgan fingerprint density at radius 1 is 1.00 bits per heavy atom. The van der Waals surface area contributed by atoms with Gasteiger partial charge in [-0.3, -0.25) is 9.59 Å². The molecule has 0 amide bonds. The molecule has 0 heterocycles. The number of ether oxygens (including phenoxy) is 1. The molecule has 0 saturated heterocycles. The largest absolute Gasteiger partial charge is 0.481 e. The van der Waals surface area contributed by atoms with Gasteiger partial charge in [0.1, 0.15) is 6.10 Å². The van der Waals surface area contributed by atoms with Crippen molar-refractivity contribution >= 4 is 11.9 Å². The van der Waals surface area contributed by atoms with E-state index in [9.17, 15) is 9.59 Å². The summed E-state index contributed by atoms with van der Waals surface area (Å²) in [5, 5.41) is 9.13. The van der Waals surface area contributed by atoms with E-state index in [0.717, 1.165) is 37.0 Å². The lowest BCUT2D eigenvalue weighted by Gasteiger charge is -2.61. The summed E-state index contributed by atoms with van der Waals surface area (Å²) in [4.78, 5) is 22.5. The molecule has 4 nitrogen and oxygen atoms in total. The molecule has 4 aliphatic rings. The number of hydrogen-bond donors (Lipinski definition) is 1. The second-order valence-corrected chi connectivity index (χ2v) is 11.8. The number of fused-ring (bicyclic) bond motifs is 5. The third-order valence-corrected chi connectivity index (χ3v) is 10.5. The minimum absolute atomic E-state index is 0.125. The molecule has 4 heteroatoms. The van der Waals surface area contributed by atoms with Crippen LogP contribution in [0.4, 0.5) is 0 Å². The quantitative estimate of drug-likeness (QED) is 0.550. The van der Waals surface area contributed by atoms with Crippen molar-refractivity contribution in [1.82, 2.24) is 0 Å².